The smallest absolute Gasteiger partial charge is 0.356 e. The van der Waals surface area contributed by atoms with Crippen molar-refractivity contribution in [1.82, 2.24) is 0 Å². The van der Waals surface area contributed by atoms with Crippen LogP contribution in [0.2, 0.25) is 0 Å². The Balaban J connectivity index is 0.000000246. The Labute approximate surface area is 117 Å². The van der Waals surface area contributed by atoms with Gasteiger partial charge in [-0.05, 0) is 24.3 Å². The number of rotatable bonds is 4. The van der Waals surface area contributed by atoms with Crippen LogP contribution in [0.3, 0.4) is 0 Å². The SMILES string of the molecule is NOS(=O)(=O)ON.c1ccc(Nc2ccccc2)cc1. The monoisotopic (exact) mass is 297 g/mol. The van der Waals surface area contributed by atoms with Crippen molar-refractivity contribution < 1.29 is 17.0 Å². The van der Waals surface area contributed by atoms with E-state index in [1.165, 1.54) is 0 Å². The van der Waals surface area contributed by atoms with Crippen molar-refractivity contribution in [3.05, 3.63) is 60.7 Å². The summed E-state index contributed by atoms with van der Waals surface area (Å²) in [7, 11) is -4.10. The van der Waals surface area contributed by atoms with Gasteiger partial charge in [-0.15, -0.1) is 0 Å². The highest BCUT2D eigenvalue weighted by molar-refractivity contribution is 7.81. The molecule has 2 aromatic rings. The molecule has 0 atom stereocenters. The summed E-state index contributed by atoms with van der Waals surface area (Å²) >= 11 is 0. The van der Waals surface area contributed by atoms with Crippen LogP contribution in [0.15, 0.2) is 60.7 Å². The molecule has 0 heterocycles. The first-order valence-electron chi connectivity index (χ1n) is 5.46. The van der Waals surface area contributed by atoms with Crippen molar-refractivity contribution in [2.24, 2.45) is 11.8 Å². The molecule has 8 heteroatoms. The van der Waals surface area contributed by atoms with Crippen LogP contribution in [-0.2, 0) is 19.0 Å². The molecular weight excluding hydrogens is 282 g/mol. The van der Waals surface area contributed by atoms with E-state index < -0.39 is 10.4 Å². The van der Waals surface area contributed by atoms with E-state index in [0.29, 0.717) is 0 Å². The fourth-order valence-corrected chi connectivity index (χ4v) is 1.28. The summed E-state index contributed by atoms with van der Waals surface area (Å²) in [4.78, 5) is 0. The Morgan fingerprint density at radius 1 is 0.750 bits per heavy atom. The lowest BCUT2D eigenvalue weighted by Crippen LogP contribution is -2.17. The van der Waals surface area contributed by atoms with Gasteiger partial charge in [0, 0.05) is 11.4 Å². The third kappa shape index (κ3) is 6.27. The third-order valence-electron chi connectivity index (χ3n) is 2.07. The highest BCUT2D eigenvalue weighted by Crippen LogP contribution is 2.14. The number of hydrogen-bond donors (Lipinski definition) is 3. The number of para-hydroxylation sites is 2. The van der Waals surface area contributed by atoms with Crippen molar-refractivity contribution in [2.75, 3.05) is 5.32 Å². The predicted molar refractivity (Wildman–Crippen MR) is 75.6 cm³/mol. The van der Waals surface area contributed by atoms with Crippen molar-refractivity contribution in [3.8, 4) is 0 Å². The van der Waals surface area contributed by atoms with E-state index >= 15 is 0 Å². The second kappa shape index (κ2) is 8.25. The van der Waals surface area contributed by atoms with E-state index in [-0.39, 0.29) is 0 Å². The van der Waals surface area contributed by atoms with Crippen LogP contribution in [0.4, 0.5) is 11.4 Å². The molecule has 0 saturated carbocycles. The highest BCUT2D eigenvalue weighted by atomic mass is 32.3. The van der Waals surface area contributed by atoms with E-state index in [9.17, 15) is 8.42 Å². The summed E-state index contributed by atoms with van der Waals surface area (Å²) in [6.45, 7) is 0. The Bertz CT molecular complexity index is 543. The molecule has 0 radical (unpaired) electrons. The summed E-state index contributed by atoms with van der Waals surface area (Å²) in [6, 6.07) is 20.3. The van der Waals surface area contributed by atoms with Crippen LogP contribution in [0, 0.1) is 0 Å². The van der Waals surface area contributed by atoms with Crippen LogP contribution < -0.4 is 17.1 Å². The molecule has 20 heavy (non-hydrogen) atoms. The topological polar surface area (TPSA) is 117 Å². The van der Waals surface area contributed by atoms with E-state index in [4.69, 9.17) is 0 Å². The summed E-state index contributed by atoms with van der Waals surface area (Å²) in [5.74, 6) is 8.25. The lowest BCUT2D eigenvalue weighted by atomic mass is 10.3. The maximum absolute atomic E-state index is 9.67. The minimum Gasteiger partial charge on any atom is -0.356 e. The van der Waals surface area contributed by atoms with Crippen LogP contribution in [0.1, 0.15) is 0 Å². The maximum atomic E-state index is 9.67. The fraction of sp³-hybridized carbons (Fsp3) is 0. The van der Waals surface area contributed by atoms with Crippen LogP contribution in [-0.4, -0.2) is 8.42 Å². The Kier molecular flexibility index (Phi) is 6.64. The van der Waals surface area contributed by atoms with Gasteiger partial charge in [0.25, 0.3) is 0 Å². The van der Waals surface area contributed by atoms with Gasteiger partial charge in [-0.3, -0.25) is 0 Å². The average Bonchev–Trinajstić information content (AvgIpc) is 2.50. The molecule has 5 N–H and O–H groups in total. The number of hydrogen-bond acceptors (Lipinski definition) is 7. The zero-order valence-electron chi connectivity index (χ0n) is 10.5. The first-order valence-corrected chi connectivity index (χ1v) is 6.79. The zero-order chi connectivity index (χ0) is 14.8. The van der Waals surface area contributed by atoms with Gasteiger partial charge in [-0.1, -0.05) is 36.4 Å². The first-order chi connectivity index (χ1) is 9.57. The molecule has 108 valence electrons. The Morgan fingerprint density at radius 3 is 1.35 bits per heavy atom. The molecule has 0 aliphatic carbocycles. The van der Waals surface area contributed by atoms with Crippen LogP contribution in [0.5, 0.6) is 0 Å². The molecule has 0 aromatic heterocycles. The predicted octanol–water partition coefficient (Wildman–Crippen LogP) is 1.44. The summed E-state index contributed by atoms with van der Waals surface area (Å²) in [5, 5.41) is 3.30. The van der Waals surface area contributed by atoms with Gasteiger partial charge < -0.3 is 5.32 Å². The zero-order valence-corrected chi connectivity index (χ0v) is 11.3. The summed E-state index contributed by atoms with van der Waals surface area (Å²) in [6.07, 6.45) is 0. The number of anilines is 2. The lowest BCUT2D eigenvalue weighted by molar-refractivity contribution is 0.222. The van der Waals surface area contributed by atoms with Gasteiger partial charge in [-0.2, -0.15) is 28.8 Å². The Morgan fingerprint density at radius 2 is 1.10 bits per heavy atom. The van der Waals surface area contributed by atoms with E-state index in [0.717, 1.165) is 11.4 Å². The minimum atomic E-state index is -4.10. The van der Waals surface area contributed by atoms with Crippen molar-refractivity contribution >= 4 is 21.8 Å². The summed E-state index contributed by atoms with van der Waals surface area (Å²) in [5.41, 5.74) is 2.24. The average molecular weight is 297 g/mol. The molecular formula is C12H15N3O4S. The largest absolute Gasteiger partial charge is 0.431 e. The van der Waals surface area contributed by atoms with Crippen molar-refractivity contribution in [2.45, 2.75) is 0 Å². The van der Waals surface area contributed by atoms with Gasteiger partial charge in [0.1, 0.15) is 0 Å². The molecule has 2 aromatic carbocycles. The minimum absolute atomic E-state index is 1.12. The van der Waals surface area contributed by atoms with E-state index in [2.05, 4.69) is 25.7 Å². The van der Waals surface area contributed by atoms with Gasteiger partial charge in [0.05, 0.1) is 0 Å². The van der Waals surface area contributed by atoms with E-state index in [1.807, 2.05) is 60.7 Å². The second-order valence-corrected chi connectivity index (χ2v) is 4.66. The van der Waals surface area contributed by atoms with Crippen LogP contribution in [0.25, 0.3) is 0 Å². The molecule has 0 saturated heterocycles. The maximum Gasteiger partial charge on any atom is 0.431 e. The second-order valence-electron chi connectivity index (χ2n) is 3.46. The molecule has 0 bridgehead atoms. The van der Waals surface area contributed by atoms with Crippen LogP contribution >= 0.6 is 0 Å². The molecule has 2 rings (SSSR count). The van der Waals surface area contributed by atoms with Gasteiger partial charge in [0.2, 0.25) is 0 Å². The van der Waals surface area contributed by atoms with Crippen molar-refractivity contribution in [1.29, 1.82) is 0 Å². The molecule has 7 nitrogen and oxygen atoms in total. The highest BCUT2D eigenvalue weighted by Gasteiger charge is 2.04. The third-order valence-corrected chi connectivity index (χ3v) is 2.54. The number of benzene rings is 2. The standard InChI is InChI=1S/C12H11N.H4N2O4S/c1-3-7-11(8-4-1)13-12-9-5-2-6-10-12;1-5-7(3,4)6-2/h1-10,13H;1-2H2. The quantitative estimate of drug-likeness (QED) is 0.731. The molecule has 0 spiro atoms. The molecule has 0 aliphatic heterocycles. The van der Waals surface area contributed by atoms with Crippen molar-refractivity contribution in [3.63, 3.8) is 0 Å². The van der Waals surface area contributed by atoms with Gasteiger partial charge >= 0.3 is 10.4 Å². The fourth-order valence-electron chi connectivity index (χ4n) is 1.23. The number of nitrogens with one attached hydrogen (secondary N) is 1. The molecule has 0 unspecified atom stereocenters. The number of nitrogens with two attached hydrogens (primary N) is 2. The van der Waals surface area contributed by atoms with Gasteiger partial charge in [-0.25, -0.2) is 0 Å². The normalized spacial score (nSPS) is 10.3. The van der Waals surface area contributed by atoms with Gasteiger partial charge in [0.15, 0.2) is 0 Å². The lowest BCUT2D eigenvalue weighted by Gasteiger charge is -2.04. The molecule has 0 aliphatic rings. The Hall–Kier alpha value is -1.97. The molecule has 0 amide bonds. The summed E-state index contributed by atoms with van der Waals surface area (Å²) < 4.78 is 25.8. The van der Waals surface area contributed by atoms with E-state index in [1.54, 1.807) is 0 Å². The molecule has 0 fully saturated rings. The first kappa shape index (κ1) is 16.1.